The number of aromatic amines is 1. The van der Waals surface area contributed by atoms with Crippen LogP contribution in [-0.2, 0) is 0 Å². The van der Waals surface area contributed by atoms with Crippen molar-refractivity contribution in [2.75, 3.05) is 18.5 Å². The highest BCUT2D eigenvalue weighted by Gasteiger charge is 2.15. The molecule has 0 radical (unpaired) electrons. The van der Waals surface area contributed by atoms with E-state index in [0.717, 1.165) is 0 Å². The van der Waals surface area contributed by atoms with E-state index in [1.807, 2.05) is 6.92 Å². The molecule has 0 aliphatic heterocycles. The first-order valence-corrected chi connectivity index (χ1v) is 5.68. The molecule has 0 saturated heterocycles. The predicted octanol–water partition coefficient (Wildman–Crippen LogP) is 0.351. The molecule has 0 fully saturated rings. The second-order valence-electron chi connectivity index (χ2n) is 3.68. The SMILES string of the molecule is CC(CN(C)c1nc[nH]c(=O)c1Br)C(N)=NO. The van der Waals surface area contributed by atoms with Gasteiger partial charge < -0.3 is 20.8 Å². The van der Waals surface area contributed by atoms with Crippen LogP contribution in [-0.4, -0.2) is 34.6 Å². The van der Waals surface area contributed by atoms with Gasteiger partial charge in [-0.2, -0.15) is 0 Å². The summed E-state index contributed by atoms with van der Waals surface area (Å²) in [5.41, 5.74) is 5.23. The fraction of sp³-hybridized carbons (Fsp3) is 0.444. The van der Waals surface area contributed by atoms with Gasteiger partial charge in [-0.25, -0.2) is 4.98 Å². The molecule has 94 valence electrons. The third-order valence-corrected chi connectivity index (χ3v) is 3.02. The van der Waals surface area contributed by atoms with E-state index in [0.29, 0.717) is 16.8 Å². The van der Waals surface area contributed by atoms with Crippen LogP contribution in [0.15, 0.2) is 20.8 Å². The molecule has 1 heterocycles. The van der Waals surface area contributed by atoms with Gasteiger partial charge in [0.15, 0.2) is 0 Å². The van der Waals surface area contributed by atoms with Crippen LogP contribution in [0, 0.1) is 5.92 Å². The number of H-pyrrole nitrogens is 1. The zero-order valence-electron chi connectivity index (χ0n) is 9.51. The summed E-state index contributed by atoms with van der Waals surface area (Å²) in [5.74, 6) is 0.488. The Morgan fingerprint density at radius 3 is 3.06 bits per heavy atom. The van der Waals surface area contributed by atoms with Crippen molar-refractivity contribution >= 4 is 27.6 Å². The van der Waals surface area contributed by atoms with Crippen LogP contribution < -0.4 is 16.2 Å². The maximum Gasteiger partial charge on any atom is 0.267 e. The molecule has 0 aliphatic rings. The van der Waals surface area contributed by atoms with Gasteiger partial charge in [-0.3, -0.25) is 4.79 Å². The van der Waals surface area contributed by atoms with Crippen LogP contribution in [0.25, 0.3) is 0 Å². The van der Waals surface area contributed by atoms with Gasteiger partial charge >= 0.3 is 0 Å². The van der Waals surface area contributed by atoms with E-state index in [2.05, 4.69) is 31.1 Å². The van der Waals surface area contributed by atoms with E-state index < -0.39 is 0 Å². The Bertz CT molecular complexity index is 473. The first-order chi connectivity index (χ1) is 7.97. The molecule has 0 spiro atoms. The quantitative estimate of drug-likeness (QED) is 0.322. The van der Waals surface area contributed by atoms with E-state index in [1.165, 1.54) is 6.33 Å². The fourth-order valence-electron chi connectivity index (χ4n) is 1.33. The van der Waals surface area contributed by atoms with Gasteiger partial charge in [-0.15, -0.1) is 0 Å². The van der Waals surface area contributed by atoms with E-state index in [1.54, 1.807) is 11.9 Å². The summed E-state index contributed by atoms with van der Waals surface area (Å²) in [5, 5.41) is 11.5. The molecule has 0 amide bonds. The lowest BCUT2D eigenvalue weighted by atomic mass is 10.1. The van der Waals surface area contributed by atoms with Gasteiger partial charge in [0.1, 0.15) is 16.1 Å². The summed E-state index contributed by atoms with van der Waals surface area (Å²) in [7, 11) is 1.77. The maximum atomic E-state index is 11.4. The van der Waals surface area contributed by atoms with Gasteiger partial charge in [0.2, 0.25) is 0 Å². The van der Waals surface area contributed by atoms with E-state index in [4.69, 9.17) is 10.9 Å². The van der Waals surface area contributed by atoms with Crippen molar-refractivity contribution in [3.05, 3.63) is 21.2 Å². The minimum Gasteiger partial charge on any atom is -0.409 e. The van der Waals surface area contributed by atoms with E-state index in [-0.39, 0.29) is 17.3 Å². The second-order valence-corrected chi connectivity index (χ2v) is 4.47. The molecular weight excluding hydrogens is 290 g/mol. The van der Waals surface area contributed by atoms with Crippen LogP contribution in [0.2, 0.25) is 0 Å². The Hall–Kier alpha value is -1.57. The summed E-state index contributed by atoms with van der Waals surface area (Å²) in [6.45, 7) is 2.29. The number of nitrogens with one attached hydrogen (secondary N) is 1. The number of aromatic nitrogens is 2. The molecule has 1 unspecified atom stereocenters. The molecular formula is C9H14BrN5O2. The topological polar surface area (TPSA) is 108 Å². The van der Waals surface area contributed by atoms with Crippen LogP contribution in [0.3, 0.4) is 0 Å². The second kappa shape index (κ2) is 5.67. The van der Waals surface area contributed by atoms with Gasteiger partial charge in [-0.05, 0) is 15.9 Å². The number of nitrogens with zero attached hydrogens (tertiary/aromatic N) is 3. The number of amidine groups is 1. The summed E-state index contributed by atoms with van der Waals surface area (Å²) >= 11 is 3.17. The number of nitrogens with two attached hydrogens (primary N) is 1. The van der Waals surface area contributed by atoms with Crippen molar-refractivity contribution in [1.29, 1.82) is 0 Å². The zero-order chi connectivity index (χ0) is 13.0. The Morgan fingerprint density at radius 1 is 1.82 bits per heavy atom. The van der Waals surface area contributed by atoms with Crippen molar-refractivity contribution in [1.82, 2.24) is 9.97 Å². The standard InChI is InChI=1S/C9H14BrN5O2/c1-5(7(11)14-17)3-15(2)8-6(10)9(16)13-4-12-8/h4-5,17H,3H2,1-2H3,(H2,11,14)(H,12,13,16). The molecule has 1 atom stereocenters. The molecule has 0 bridgehead atoms. The molecule has 0 aromatic carbocycles. The Kier molecular flexibility index (Phi) is 4.50. The molecule has 0 aliphatic carbocycles. The largest absolute Gasteiger partial charge is 0.409 e. The van der Waals surface area contributed by atoms with Crippen LogP contribution in [0.5, 0.6) is 0 Å². The lowest BCUT2D eigenvalue weighted by Gasteiger charge is -2.22. The number of rotatable bonds is 4. The van der Waals surface area contributed by atoms with Gasteiger partial charge in [-0.1, -0.05) is 12.1 Å². The summed E-state index contributed by atoms with van der Waals surface area (Å²) in [4.78, 5) is 19.6. The highest BCUT2D eigenvalue weighted by atomic mass is 79.9. The first kappa shape index (κ1) is 13.5. The molecule has 1 rings (SSSR count). The van der Waals surface area contributed by atoms with Crippen molar-refractivity contribution < 1.29 is 5.21 Å². The van der Waals surface area contributed by atoms with E-state index >= 15 is 0 Å². The summed E-state index contributed by atoms with van der Waals surface area (Å²) in [6.07, 6.45) is 1.33. The number of anilines is 1. The van der Waals surface area contributed by atoms with Crippen molar-refractivity contribution in [2.45, 2.75) is 6.92 Å². The Morgan fingerprint density at radius 2 is 2.47 bits per heavy atom. The van der Waals surface area contributed by atoms with E-state index in [9.17, 15) is 4.79 Å². The molecule has 17 heavy (non-hydrogen) atoms. The van der Waals surface area contributed by atoms with Crippen LogP contribution in [0.1, 0.15) is 6.92 Å². The smallest absolute Gasteiger partial charge is 0.267 e. The highest BCUT2D eigenvalue weighted by Crippen LogP contribution is 2.18. The lowest BCUT2D eigenvalue weighted by molar-refractivity contribution is 0.314. The fourth-order valence-corrected chi connectivity index (χ4v) is 1.85. The molecule has 0 saturated carbocycles. The number of halogens is 1. The molecule has 4 N–H and O–H groups in total. The monoisotopic (exact) mass is 303 g/mol. The zero-order valence-corrected chi connectivity index (χ0v) is 11.1. The molecule has 7 nitrogen and oxygen atoms in total. The predicted molar refractivity (Wildman–Crippen MR) is 68.4 cm³/mol. The average molecular weight is 304 g/mol. The van der Waals surface area contributed by atoms with Crippen molar-refractivity contribution in [3.8, 4) is 0 Å². The summed E-state index contributed by atoms with van der Waals surface area (Å²) in [6, 6.07) is 0. The molecule has 1 aromatic heterocycles. The van der Waals surface area contributed by atoms with Crippen LogP contribution >= 0.6 is 15.9 Å². The normalized spacial score (nSPS) is 13.5. The Labute approximate surface area is 106 Å². The van der Waals surface area contributed by atoms with Gasteiger partial charge in [0.05, 0.1) is 6.33 Å². The third kappa shape index (κ3) is 3.19. The minimum absolute atomic E-state index is 0.137. The maximum absolute atomic E-state index is 11.4. The van der Waals surface area contributed by atoms with Crippen molar-refractivity contribution in [3.63, 3.8) is 0 Å². The highest BCUT2D eigenvalue weighted by molar-refractivity contribution is 9.10. The van der Waals surface area contributed by atoms with Crippen LogP contribution in [0.4, 0.5) is 5.82 Å². The minimum atomic E-state index is -0.252. The Balaban J connectivity index is 2.87. The number of oxime groups is 1. The summed E-state index contributed by atoms with van der Waals surface area (Å²) < 4.78 is 0.356. The average Bonchev–Trinajstić information content (AvgIpc) is 2.31. The first-order valence-electron chi connectivity index (χ1n) is 4.89. The third-order valence-electron chi connectivity index (χ3n) is 2.31. The molecule has 1 aromatic rings. The number of hydrogen-bond acceptors (Lipinski definition) is 5. The van der Waals surface area contributed by atoms with Gasteiger partial charge in [0, 0.05) is 19.5 Å². The lowest BCUT2D eigenvalue weighted by Crippen LogP contribution is -2.34. The number of hydrogen-bond donors (Lipinski definition) is 3. The van der Waals surface area contributed by atoms with Gasteiger partial charge in [0.25, 0.3) is 5.56 Å². The molecule has 8 heteroatoms. The van der Waals surface area contributed by atoms with Crippen molar-refractivity contribution in [2.24, 2.45) is 16.8 Å².